The van der Waals surface area contributed by atoms with Crippen LogP contribution in [0.1, 0.15) is 30.5 Å². The van der Waals surface area contributed by atoms with Crippen molar-refractivity contribution in [3.05, 3.63) is 94.0 Å². The normalized spacial score (nSPS) is 21.7. The summed E-state index contributed by atoms with van der Waals surface area (Å²) < 4.78 is 6.19. The van der Waals surface area contributed by atoms with E-state index in [-0.39, 0.29) is 23.8 Å². The molecule has 2 heterocycles. The number of dihydropyridines is 1. The minimum atomic E-state index is -0.334. The number of allylic oxidation sites excluding steroid dienone is 5. The fourth-order valence-electron chi connectivity index (χ4n) is 4.61. The van der Waals surface area contributed by atoms with Crippen LogP contribution in [0.4, 0.5) is 0 Å². The topological polar surface area (TPSA) is 71.3 Å². The van der Waals surface area contributed by atoms with Gasteiger partial charge in [-0.15, -0.1) is 0 Å². The maximum absolute atomic E-state index is 13.4. The van der Waals surface area contributed by atoms with E-state index in [1.54, 1.807) is 7.11 Å². The monoisotopic (exact) mass is 515 g/mol. The Morgan fingerprint density at radius 1 is 1.09 bits per heavy atom. The summed E-state index contributed by atoms with van der Waals surface area (Å²) in [6, 6.07) is 17.1. The van der Waals surface area contributed by atoms with Crippen molar-refractivity contribution in [3.8, 4) is 5.75 Å². The molecule has 2 aliphatic heterocycles. The molecule has 0 N–H and O–H groups in total. The second-order valence-corrected chi connectivity index (χ2v) is 9.18. The maximum atomic E-state index is 13.4. The second kappa shape index (κ2) is 8.99. The first-order valence-electron chi connectivity index (χ1n) is 11.0. The van der Waals surface area contributed by atoms with Crippen LogP contribution >= 0.6 is 15.9 Å². The van der Waals surface area contributed by atoms with Gasteiger partial charge in [0.25, 0.3) is 5.91 Å². The lowest BCUT2D eigenvalue weighted by Gasteiger charge is -2.27. The lowest BCUT2D eigenvalue weighted by atomic mass is 9.79. The first-order valence-corrected chi connectivity index (χ1v) is 11.7. The van der Waals surface area contributed by atoms with E-state index in [1.165, 1.54) is 11.9 Å². The Labute approximate surface area is 206 Å². The van der Waals surface area contributed by atoms with Crippen molar-refractivity contribution in [2.24, 2.45) is 16.0 Å². The zero-order valence-electron chi connectivity index (χ0n) is 18.7. The van der Waals surface area contributed by atoms with Gasteiger partial charge in [0.05, 0.1) is 30.1 Å². The van der Waals surface area contributed by atoms with Gasteiger partial charge in [0.15, 0.2) is 0 Å². The minimum absolute atomic E-state index is 0.187. The van der Waals surface area contributed by atoms with Crippen molar-refractivity contribution in [3.63, 3.8) is 0 Å². The van der Waals surface area contributed by atoms with E-state index in [4.69, 9.17) is 4.74 Å². The maximum Gasteiger partial charge on any atom is 0.279 e. The summed E-state index contributed by atoms with van der Waals surface area (Å²) in [4.78, 5) is 30.3. The van der Waals surface area contributed by atoms with Gasteiger partial charge in [0.1, 0.15) is 5.75 Å². The molecule has 0 bridgehead atoms. The van der Waals surface area contributed by atoms with Crippen LogP contribution in [0.3, 0.4) is 0 Å². The van der Waals surface area contributed by atoms with Crippen LogP contribution in [-0.2, 0) is 9.59 Å². The van der Waals surface area contributed by atoms with Crippen LogP contribution in [0.15, 0.2) is 93.0 Å². The molecule has 2 aromatic carbocycles. The van der Waals surface area contributed by atoms with Crippen LogP contribution < -0.4 is 4.74 Å². The Morgan fingerprint density at radius 2 is 1.82 bits per heavy atom. The number of benzene rings is 2. The standard InChI is InChI=1S/C27H22BrN3O3/c1-16(32)31-24(17-8-11-20(34-2)12-9-17)15-23(30-31)26-25(18-6-4-3-5-7-18)21-14-19(28)10-13-22(21)29-27(26)33/h3-14,21,24H,15H2,1-2H3. The summed E-state index contributed by atoms with van der Waals surface area (Å²) >= 11 is 3.57. The third kappa shape index (κ3) is 3.96. The summed E-state index contributed by atoms with van der Waals surface area (Å²) in [7, 11) is 1.61. The molecular weight excluding hydrogens is 494 g/mol. The lowest BCUT2D eigenvalue weighted by molar-refractivity contribution is -0.130. The highest BCUT2D eigenvalue weighted by molar-refractivity contribution is 9.11. The summed E-state index contributed by atoms with van der Waals surface area (Å²) in [6.07, 6.45) is 6.22. The van der Waals surface area contributed by atoms with Crippen molar-refractivity contribution in [1.82, 2.24) is 5.01 Å². The van der Waals surface area contributed by atoms with Gasteiger partial charge in [-0.25, -0.2) is 10.0 Å². The number of carbonyl (C=O) groups excluding carboxylic acids is 2. The molecule has 1 aliphatic carbocycles. The molecule has 34 heavy (non-hydrogen) atoms. The van der Waals surface area contributed by atoms with Crippen LogP contribution in [0.25, 0.3) is 5.57 Å². The van der Waals surface area contributed by atoms with Crippen molar-refractivity contribution >= 4 is 44.7 Å². The quantitative estimate of drug-likeness (QED) is 0.558. The Morgan fingerprint density at radius 3 is 2.50 bits per heavy atom. The van der Waals surface area contributed by atoms with E-state index in [9.17, 15) is 9.59 Å². The van der Waals surface area contributed by atoms with Gasteiger partial charge in [-0.3, -0.25) is 9.59 Å². The van der Waals surface area contributed by atoms with E-state index in [0.29, 0.717) is 23.4 Å². The Bertz CT molecular complexity index is 1320. The molecular formula is C27H22BrN3O3. The highest BCUT2D eigenvalue weighted by Gasteiger charge is 2.39. The fraction of sp³-hybridized carbons (Fsp3) is 0.185. The fourth-order valence-corrected chi connectivity index (χ4v) is 5.00. The number of carbonyl (C=O) groups is 2. The number of hydrogen-bond acceptors (Lipinski definition) is 4. The summed E-state index contributed by atoms with van der Waals surface area (Å²) in [5.41, 5.74) is 4.45. The van der Waals surface area contributed by atoms with Gasteiger partial charge in [-0.2, -0.15) is 5.10 Å². The molecule has 0 spiro atoms. The van der Waals surface area contributed by atoms with Crippen LogP contribution in [-0.4, -0.2) is 35.4 Å². The van der Waals surface area contributed by atoms with Gasteiger partial charge in [-0.1, -0.05) is 64.5 Å². The molecule has 2 aromatic rings. The molecule has 3 aliphatic rings. The number of ether oxygens (including phenoxy) is 1. The number of nitrogens with zero attached hydrogens (tertiary/aromatic N) is 3. The molecule has 6 nitrogen and oxygen atoms in total. The summed E-state index contributed by atoms with van der Waals surface area (Å²) in [6.45, 7) is 1.49. The third-order valence-electron chi connectivity index (χ3n) is 6.19. The van der Waals surface area contributed by atoms with Crippen molar-refractivity contribution in [2.75, 3.05) is 7.11 Å². The molecule has 7 heteroatoms. The van der Waals surface area contributed by atoms with Gasteiger partial charge in [0.2, 0.25) is 5.91 Å². The highest BCUT2D eigenvalue weighted by Crippen LogP contribution is 2.41. The van der Waals surface area contributed by atoms with Crippen molar-refractivity contribution < 1.29 is 14.3 Å². The summed E-state index contributed by atoms with van der Waals surface area (Å²) in [5, 5.41) is 6.13. The first-order chi connectivity index (χ1) is 16.5. The van der Waals surface area contributed by atoms with Gasteiger partial charge < -0.3 is 4.74 Å². The molecule has 0 fully saturated rings. The molecule has 0 aromatic heterocycles. The number of fused-ring (bicyclic) bond motifs is 1. The molecule has 0 radical (unpaired) electrons. The average molecular weight is 516 g/mol. The molecule has 0 saturated heterocycles. The van der Waals surface area contributed by atoms with Crippen molar-refractivity contribution in [1.29, 1.82) is 0 Å². The van der Waals surface area contributed by atoms with Gasteiger partial charge in [0, 0.05) is 23.7 Å². The second-order valence-electron chi connectivity index (χ2n) is 8.26. The Hall–Kier alpha value is -3.58. The van der Waals surface area contributed by atoms with E-state index in [1.807, 2.05) is 72.8 Å². The zero-order chi connectivity index (χ0) is 23.8. The molecule has 170 valence electrons. The predicted molar refractivity (Wildman–Crippen MR) is 136 cm³/mol. The zero-order valence-corrected chi connectivity index (χ0v) is 20.3. The number of rotatable bonds is 4. The van der Waals surface area contributed by atoms with Crippen LogP contribution in [0, 0.1) is 5.92 Å². The number of hydrogen-bond donors (Lipinski definition) is 0. The minimum Gasteiger partial charge on any atom is -0.497 e. The highest BCUT2D eigenvalue weighted by atomic mass is 79.9. The molecule has 2 atom stereocenters. The largest absolute Gasteiger partial charge is 0.497 e. The predicted octanol–water partition coefficient (Wildman–Crippen LogP) is 5.24. The average Bonchev–Trinajstić information content (AvgIpc) is 3.29. The molecule has 5 rings (SSSR count). The number of methoxy groups -OCH3 is 1. The van der Waals surface area contributed by atoms with E-state index >= 15 is 0 Å². The number of halogens is 1. The molecule has 2 amide bonds. The Balaban J connectivity index is 1.63. The molecule has 0 saturated carbocycles. The van der Waals surface area contributed by atoms with Crippen LogP contribution in [0.2, 0.25) is 0 Å². The first kappa shape index (κ1) is 22.2. The SMILES string of the molecule is COc1ccc(C2CC(C3=C(c4ccccc4)C4C=C(Br)C=CC4=NC3=O)=NN2C(C)=O)cc1. The van der Waals surface area contributed by atoms with Crippen molar-refractivity contribution in [2.45, 2.75) is 19.4 Å². The molecule has 2 unspecified atom stereocenters. The van der Waals surface area contributed by atoms with E-state index in [0.717, 1.165) is 26.9 Å². The third-order valence-corrected chi connectivity index (χ3v) is 6.72. The van der Waals surface area contributed by atoms with Gasteiger partial charge >= 0.3 is 0 Å². The Kier molecular flexibility index (Phi) is 5.87. The lowest BCUT2D eigenvalue weighted by Crippen LogP contribution is -2.27. The summed E-state index contributed by atoms with van der Waals surface area (Å²) in [5.74, 6) is 0.0218. The van der Waals surface area contributed by atoms with Crippen LogP contribution in [0.5, 0.6) is 5.75 Å². The number of aliphatic imine (C=N–C) groups is 1. The van der Waals surface area contributed by atoms with E-state index in [2.05, 4.69) is 26.0 Å². The van der Waals surface area contributed by atoms with Gasteiger partial charge in [-0.05, 0) is 41.0 Å². The number of amides is 2. The smallest absolute Gasteiger partial charge is 0.279 e. The number of hydrazone groups is 1. The van der Waals surface area contributed by atoms with E-state index < -0.39 is 0 Å².